The van der Waals surface area contributed by atoms with E-state index in [9.17, 15) is 14.4 Å². The maximum absolute atomic E-state index is 13.0. The van der Waals surface area contributed by atoms with Gasteiger partial charge in [0.2, 0.25) is 11.8 Å². The van der Waals surface area contributed by atoms with Crippen LogP contribution in [0.2, 0.25) is 0 Å². The summed E-state index contributed by atoms with van der Waals surface area (Å²) in [6.07, 6.45) is 0.0995. The number of nitrogens with one attached hydrogen (secondary N) is 2. The molecule has 5 rings (SSSR count). The zero-order valence-corrected chi connectivity index (χ0v) is 22.5. The summed E-state index contributed by atoms with van der Waals surface area (Å²) in [4.78, 5) is 40.2. The standard InChI is InChI=1S/C31H30N4O5/c1-20-7-8-21(2)35(20)33-31(38)22-5-4-6-24(17-22)32-30(37)23-18-29(36)34(19-23)25-9-11-27(12-10-25)40-28-15-13-26(39-3)14-16-28/h4-17,23H,18-19H2,1-3H3,(H,32,37)(H,33,38)/t23-/m1/s1. The smallest absolute Gasteiger partial charge is 0.270 e. The molecule has 0 unspecified atom stereocenters. The van der Waals surface area contributed by atoms with Crippen LogP contribution < -0.4 is 25.1 Å². The van der Waals surface area contributed by atoms with Gasteiger partial charge in [-0.25, -0.2) is 0 Å². The lowest BCUT2D eigenvalue weighted by atomic mass is 10.1. The van der Waals surface area contributed by atoms with E-state index in [1.807, 2.05) is 50.2 Å². The molecule has 0 aliphatic carbocycles. The van der Waals surface area contributed by atoms with E-state index < -0.39 is 5.92 Å². The van der Waals surface area contributed by atoms with Crippen molar-refractivity contribution in [2.75, 3.05) is 29.3 Å². The molecule has 40 heavy (non-hydrogen) atoms. The summed E-state index contributed by atoms with van der Waals surface area (Å²) < 4.78 is 12.7. The van der Waals surface area contributed by atoms with Crippen LogP contribution in [0.3, 0.4) is 0 Å². The predicted molar refractivity (Wildman–Crippen MR) is 153 cm³/mol. The van der Waals surface area contributed by atoms with Crippen LogP contribution >= 0.6 is 0 Å². The van der Waals surface area contributed by atoms with Crippen LogP contribution in [0.5, 0.6) is 17.2 Å². The van der Waals surface area contributed by atoms with E-state index in [1.54, 1.807) is 65.2 Å². The second kappa shape index (κ2) is 11.4. The lowest BCUT2D eigenvalue weighted by molar-refractivity contribution is -0.122. The number of amides is 3. The monoisotopic (exact) mass is 538 g/mol. The lowest BCUT2D eigenvalue weighted by Crippen LogP contribution is -2.28. The normalized spacial score (nSPS) is 14.6. The highest BCUT2D eigenvalue weighted by molar-refractivity contribution is 6.05. The summed E-state index contributed by atoms with van der Waals surface area (Å²) in [7, 11) is 1.61. The van der Waals surface area contributed by atoms with Gasteiger partial charge in [-0.1, -0.05) is 6.07 Å². The number of aryl methyl sites for hydroxylation is 2. The van der Waals surface area contributed by atoms with Crippen molar-refractivity contribution in [1.29, 1.82) is 0 Å². The molecule has 204 valence electrons. The van der Waals surface area contributed by atoms with Gasteiger partial charge >= 0.3 is 0 Å². The first-order chi connectivity index (χ1) is 19.3. The van der Waals surface area contributed by atoms with Crippen molar-refractivity contribution in [3.63, 3.8) is 0 Å². The highest BCUT2D eigenvalue weighted by Gasteiger charge is 2.35. The van der Waals surface area contributed by atoms with Gasteiger partial charge in [0.1, 0.15) is 17.2 Å². The predicted octanol–water partition coefficient (Wildman–Crippen LogP) is 5.28. The minimum absolute atomic E-state index is 0.0995. The number of carbonyl (C=O) groups is 3. The Kier molecular flexibility index (Phi) is 7.54. The Labute approximate surface area is 232 Å². The van der Waals surface area contributed by atoms with Gasteiger partial charge in [-0.3, -0.25) is 24.5 Å². The second-order valence-corrected chi connectivity index (χ2v) is 9.64. The van der Waals surface area contributed by atoms with Crippen molar-refractivity contribution in [1.82, 2.24) is 4.68 Å². The first kappa shape index (κ1) is 26.6. The van der Waals surface area contributed by atoms with Gasteiger partial charge in [-0.15, -0.1) is 0 Å². The fraction of sp³-hybridized carbons (Fsp3) is 0.194. The minimum atomic E-state index is -0.523. The van der Waals surface area contributed by atoms with E-state index in [0.29, 0.717) is 28.4 Å². The number of carbonyl (C=O) groups excluding carboxylic acids is 3. The number of hydrogen-bond acceptors (Lipinski definition) is 5. The minimum Gasteiger partial charge on any atom is -0.497 e. The molecule has 3 amide bonds. The van der Waals surface area contributed by atoms with Crippen molar-refractivity contribution < 1.29 is 23.9 Å². The Morgan fingerprint density at radius 2 is 1.48 bits per heavy atom. The summed E-state index contributed by atoms with van der Waals surface area (Å²) in [6, 6.07) is 25.0. The average Bonchev–Trinajstić information content (AvgIpc) is 3.51. The number of benzene rings is 3. The highest BCUT2D eigenvalue weighted by atomic mass is 16.5. The third kappa shape index (κ3) is 5.83. The number of anilines is 2. The van der Waals surface area contributed by atoms with Gasteiger partial charge in [0, 0.05) is 41.3 Å². The third-order valence-electron chi connectivity index (χ3n) is 6.82. The van der Waals surface area contributed by atoms with Crippen LogP contribution in [-0.4, -0.2) is 36.1 Å². The maximum Gasteiger partial charge on any atom is 0.270 e. The molecule has 0 bridgehead atoms. The van der Waals surface area contributed by atoms with E-state index in [2.05, 4.69) is 10.7 Å². The molecule has 1 atom stereocenters. The van der Waals surface area contributed by atoms with E-state index in [-0.39, 0.29) is 30.7 Å². The largest absolute Gasteiger partial charge is 0.497 e. The molecule has 9 nitrogen and oxygen atoms in total. The Morgan fingerprint density at radius 3 is 2.12 bits per heavy atom. The van der Waals surface area contributed by atoms with Crippen LogP contribution in [0.25, 0.3) is 0 Å². The molecule has 4 aromatic rings. The van der Waals surface area contributed by atoms with Crippen LogP contribution in [-0.2, 0) is 9.59 Å². The third-order valence-corrected chi connectivity index (χ3v) is 6.82. The highest BCUT2D eigenvalue weighted by Crippen LogP contribution is 2.30. The van der Waals surface area contributed by atoms with Gasteiger partial charge < -0.3 is 19.7 Å². The topological polar surface area (TPSA) is 102 Å². The molecule has 1 fully saturated rings. The fourth-order valence-corrected chi connectivity index (χ4v) is 4.60. The molecule has 3 aromatic carbocycles. The molecule has 9 heteroatoms. The zero-order valence-electron chi connectivity index (χ0n) is 22.5. The molecule has 1 aromatic heterocycles. The fourth-order valence-electron chi connectivity index (χ4n) is 4.60. The SMILES string of the molecule is COc1ccc(Oc2ccc(N3C[C@H](C(=O)Nc4cccc(C(=O)Nn5c(C)ccc5C)c4)CC3=O)cc2)cc1. The number of aromatic nitrogens is 1. The molecule has 1 aliphatic heterocycles. The first-order valence-corrected chi connectivity index (χ1v) is 12.9. The van der Waals surface area contributed by atoms with Crippen molar-refractivity contribution >= 4 is 29.1 Å². The molecular formula is C31H30N4O5. The quantitative estimate of drug-likeness (QED) is 0.318. The Bertz CT molecular complexity index is 1520. The molecule has 2 heterocycles. The van der Waals surface area contributed by atoms with E-state index in [0.717, 1.165) is 17.1 Å². The number of hydrogen-bond donors (Lipinski definition) is 2. The van der Waals surface area contributed by atoms with Gasteiger partial charge in [0.15, 0.2) is 0 Å². The van der Waals surface area contributed by atoms with Crippen molar-refractivity contribution in [2.45, 2.75) is 20.3 Å². The average molecular weight is 539 g/mol. The van der Waals surface area contributed by atoms with Crippen molar-refractivity contribution in [2.24, 2.45) is 5.92 Å². The van der Waals surface area contributed by atoms with E-state index >= 15 is 0 Å². The Balaban J connectivity index is 1.19. The molecule has 0 saturated carbocycles. The van der Waals surface area contributed by atoms with E-state index in [4.69, 9.17) is 9.47 Å². The van der Waals surface area contributed by atoms with Gasteiger partial charge in [-0.2, -0.15) is 0 Å². The molecule has 2 N–H and O–H groups in total. The molecule has 0 radical (unpaired) electrons. The molecule has 1 saturated heterocycles. The molecular weight excluding hydrogens is 508 g/mol. The number of nitrogens with zero attached hydrogens (tertiary/aromatic N) is 2. The summed E-state index contributed by atoms with van der Waals surface area (Å²) >= 11 is 0. The van der Waals surface area contributed by atoms with Gasteiger partial charge in [0.05, 0.1) is 13.0 Å². The molecule has 0 spiro atoms. The van der Waals surface area contributed by atoms with Crippen LogP contribution in [0.15, 0.2) is 84.9 Å². The second-order valence-electron chi connectivity index (χ2n) is 9.64. The first-order valence-electron chi connectivity index (χ1n) is 12.9. The number of ether oxygens (including phenoxy) is 2. The lowest BCUT2D eigenvalue weighted by Gasteiger charge is -2.17. The van der Waals surface area contributed by atoms with Crippen LogP contribution in [0, 0.1) is 19.8 Å². The van der Waals surface area contributed by atoms with Crippen LogP contribution in [0.1, 0.15) is 28.2 Å². The Morgan fingerprint density at radius 1 is 0.850 bits per heavy atom. The summed E-state index contributed by atoms with van der Waals surface area (Å²) in [5, 5.41) is 2.86. The van der Waals surface area contributed by atoms with Crippen LogP contribution in [0.4, 0.5) is 11.4 Å². The number of rotatable bonds is 8. The van der Waals surface area contributed by atoms with E-state index in [1.165, 1.54) is 0 Å². The number of methoxy groups -OCH3 is 1. The van der Waals surface area contributed by atoms with Gasteiger partial charge in [-0.05, 0) is 92.7 Å². The summed E-state index contributed by atoms with van der Waals surface area (Å²) in [5.41, 5.74) is 6.27. The van der Waals surface area contributed by atoms with Crippen molar-refractivity contribution in [3.8, 4) is 17.2 Å². The molecule has 1 aliphatic rings. The summed E-state index contributed by atoms with van der Waals surface area (Å²) in [6.45, 7) is 4.07. The van der Waals surface area contributed by atoms with Crippen molar-refractivity contribution in [3.05, 3.63) is 102 Å². The summed E-state index contributed by atoms with van der Waals surface area (Å²) in [5.74, 6) is 0.815. The maximum atomic E-state index is 13.0. The van der Waals surface area contributed by atoms with Gasteiger partial charge in [0.25, 0.3) is 5.91 Å². The zero-order chi connectivity index (χ0) is 28.2. The Hall–Kier alpha value is -5.05.